The average molecular weight is 298 g/mol. The smallest absolute Gasteiger partial charge is 0.321 e. The van der Waals surface area contributed by atoms with Crippen molar-refractivity contribution >= 4 is 11.7 Å². The van der Waals surface area contributed by atoms with Crippen molar-refractivity contribution in [2.45, 2.75) is 20.3 Å². The highest BCUT2D eigenvalue weighted by molar-refractivity contribution is 5.88. The number of nitrogens with one attached hydrogen (secondary N) is 2. The number of pyridine rings is 1. The van der Waals surface area contributed by atoms with Gasteiger partial charge in [0, 0.05) is 19.3 Å². The summed E-state index contributed by atoms with van der Waals surface area (Å²) in [6.45, 7) is 4.50. The first-order valence-electron chi connectivity index (χ1n) is 6.90. The summed E-state index contributed by atoms with van der Waals surface area (Å²) in [6, 6.07) is 4.93. The summed E-state index contributed by atoms with van der Waals surface area (Å²) in [5.74, 6) is 0. The van der Waals surface area contributed by atoms with Gasteiger partial charge in [-0.25, -0.2) is 9.78 Å². The molecule has 2 N–H and O–H groups in total. The summed E-state index contributed by atoms with van der Waals surface area (Å²) < 4.78 is 0. The lowest BCUT2D eigenvalue weighted by Gasteiger charge is -2.18. The molecule has 0 aliphatic carbocycles. The minimum Gasteiger partial charge on any atom is -0.327 e. The first-order chi connectivity index (χ1) is 10.5. The van der Waals surface area contributed by atoms with E-state index < -0.39 is 0 Å². The number of aromatic amines is 1. The number of likely N-dealkylation sites (N-methyl/N-ethyl adjacent to an activating group) is 1. The van der Waals surface area contributed by atoms with E-state index in [0.717, 1.165) is 23.4 Å². The summed E-state index contributed by atoms with van der Waals surface area (Å²) in [5.41, 5.74) is 4.01. The summed E-state index contributed by atoms with van der Waals surface area (Å²) in [5, 5.41) is 18.5. The van der Waals surface area contributed by atoms with Crippen LogP contribution in [-0.2, 0) is 6.42 Å². The van der Waals surface area contributed by atoms with E-state index in [1.165, 1.54) is 6.20 Å². The van der Waals surface area contributed by atoms with Crippen LogP contribution >= 0.6 is 0 Å². The third-order valence-corrected chi connectivity index (χ3v) is 3.45. The Kier molecular flexibility index (Phi) is 4.73. The summed E-state index contributed by atoms with van der Waals surface area (Å²) in [7, 11) is 1.73. The fourth-order valence-corrected chi connectivity index (χ4v) is 2.08. The first kappa shape index (κ1) is 15.5. The van der Waals surface area contributed by atoms with E-state index in [4.69, 9.17) is 5.26 Å². The Morgan fingerprint density at radius 1 is 1.45 bits per heavy atom. The zero-order chi connectivity index (χ0) is 16.1. The Balaban J connectivity index is 1.90. The van der Waals surface area contributed by atoms with Gasteiger partial charge in [-0.15, -0.1) is 0 Å². The molecule has 0 fully saturated rings. The lowest BCUT2D eigenvalue weighted by Crippen LogP contribution is -2.33. The Bertz CT molecular complexity index is 678. The van der Waals surface area contributed by atoms with Crippen LogP contribution in [0.2, 0.25) is 0 Å². The number of H-pyrrole nitrogens is 1. The molecule has 2 aromatic rings. The summed E-state index contributed by atoms with van der Waals surface area (Å²) in [6.07, 6.45) is 2.21. The maximum Gasteiger partial charge on any atom is 0.321 e. The van der Waals surface area contributed by atoms with Crippen LogP contribution in [0, 0.1) is 25.2 Å². The number of nitrogens with zero attached hydrogens (tertiary/aromatic N) is 4. The quantitative estimate of drug-likeness (QED) is 0.902. The zero-order valence-corrected chi connectivity index (χ0v) is 12.8. The number of amides is 2. The van der Waals surface area contributed by atoms with Gasteiger partial charge in [0.1, 0.15) is 11.8 Å². The number of rotatable bonds is 4. The van der Waals surface area contributed by atoms with Gasteiger partial charge in [-0.2, -0.15) is 10.4 Å². The number of carbonyl (C=O) groups is 1. The SMILES string of the molecule is Cc1n[nH]c(C)c1CCN(C)C(=O)Nc1ccc(C#N)nc1. The Labute approximate surface area is 129 Å². The van der Waals surface area contributed by atoms with E-state index >= 15 is 0 Å². The molecule has 0 aliphatic heterocycles. The van der Waals surface area contributed by atoms with Crippen molar-refractivity contribution in [1.82, 2.24) is 20.1 Å². The molecule has 0 aromatic carbocycles. The first-order valence-corrected chi connectivity index (χ1v) is 6.90. The maximum atomic E-state index is 12.1. The third kappa shape index (κ3) is 3.61. The van der Waals surface area contributed by atoms with Crippen LogP contribution in [0.25, 0.3) is 0 Å². The molecular weight excluding hydrogens is 280 g/mol. The highest BCUT2D eigenvalue weighted by Crippen LogP contribution is 2.11. The zero-order valence-electron chi connectivity index (χ0n) is 12.8. The van der Waals surface area contributed by atoms with Gasteiger partial charge in [0.2, 0.25) is 0 Å². The summed E-state index contributed by atoms with van der Waals surface area (Å²) in [4.78, 5) is 17.6. The van der Waals surface area contributed by atoms with Gasteiger partial charge in [0.05, 0.1) is 17.6 Å². The number of nitriles is 1. The van der Waals surface area contributed by atoms with E-state index in [1.54, 1.807) is 24.1 Å². The topological polar surface area (TPSA) is 97.7 Å². The predicted molar refractivity (Wildman–Crippen MR) is 82.4 cm³/mol. The Hall–Kier alpha value is -2.88. The normalized spacial score (nSPS) is 10.1. The van der Waals surface area contributed by atoms with Crippen molar-refractivity contribution in [3.05, 3.63) is 41.0 Å². The van der Waals surface area contributed by atoms with Crippen molar-refractivity contribution in [2.75, 3.05) is 18.9 Å². The number of aromatic nitrogens is 3. The fraction of sp³-hybridized carbons (Fsp3) is 0.333. The molecule has 2 aromatic heterocycles. The highest BCUT2D eigenvalue weighted by atomic mass is 16.2. The lowest BCUT2D eigenvalue weighted by molar-refractivity contribution is 0.223. The maximum absolute atomic E-state index is 12.1. The number of hydrogen-bond donors (Lipinski definition) is 2. The van der Waals surface area contributed by atoms with Crippen molar-refractivity contribution in [3.63, 3.8) is 0 Å². The molecule has 0 atom stereocenters. The second-order valence-electron chi connectivity index (χ2n) is 5.06. The molecule has 0 spiro atoms. The molecule has 0 radical (unpaired) electrons. The molecule has 0 unspecified atom stereocenters. The second-order valence-corrected chi connectivity index (χ2v) is 5.06. The van der Waals surface area contributed by atoms with Gasteiger partial charge in [-0.1, -0.05) is 0 Å². The van der Waals surface area contributed by atoms with Crippen LogP contribution < -0.4 is 5.32 Å². The predicted octanol–water partition coefficient (Wildman–Crippen LogP) is 2.00. The van der Waals surface area contributed by atoms with Crippen LogP contribution in [0.5, 0.6) is 0 Å². The summed E-state index contributed by atoms with van der Waals surface area (Å²) >= 11 is 0. The minimum absolute atomic E-state index is 0.217. The van der Waals surface area contributed by atoms with Crippen molar-refractivity contribution < 1.29 is 4.79 Å². The Morgan fingerprint density at radius 3 is 2.77 bits per heavy atom. The van der Waals surface area contributed by atoms with Crippen molar-refractivity contribution in [3.8, 4) is 6.07 Å². The van der Waals surface area contributed by atoms with E-state index in [-0.39, 0.29) is 6.03 Å². The molecular formula is C15H18N6O. The third-order valence-electron chi connectivity index (χ3n) is 3.45. The van der Waals surface area contributed by atoms with Gasteiger partial charge < -0.3 is 10.2 Å². The molecule has 0 saturated heterocycles. The molecule has 2 amide bonds. The van der Waals surface area contributed by atoms with Crippen LogP contribution in [0.15, 0.2) is 18.3 Å². The van der Waals surface area contributed by atoms with E-state index in [0.29, 0.717) is 17.9 Å². The van der Waals surface area contributed by atoms with Gasteiger partial charge in [-0.05, 0) is 38.0 Å². The number of anilines is 1. The molecule has 7 nitrogen and oxygen atoms in total. The number of aryl methyl sites for hydroxylation is 2. The molecule has 22 heavy (non-hydrogen) atoms. The second kappa shape index (κ2) is 6.72. The van der Waals surface area contributed by atoms with Gasteiger partial charge >= 0.3 is 6.03 Å². The van der Waals surface area contributed by atoms with E-state index in [2.05, 4.69) is 20.5 Å². The molecule has 2 rings (SSSR count). The molecule has 2 heterocycles. The van der Waals surface area contributed by atoms with Gasteiger partial charge in [0.25, 0.3) is 0 Å². The monoisotopic (exact) mass is 298 g/mol. The van der Waals surface area contributed by atoms with Gasteiger partial charge in [0.15, 0.2) is 0 Å². The molecule has 0 aliphatic rings. The standard InChI is InChI=1S/C15H18N6O/c1-10-14(11(2)20-19-10)6-7-21(3)15(22)18-13-5-4-12(8-16)17-9-13/h4-5,9H,6-7H2,1-3H3,(H,18,22)(H,19,20). The van der Waals surface area contributed by atoms with Crippen LogP contribution in [0.1, 0.15) is 22.6 Å². The van der Waals surface area contributed by atoms with Gasteiger partial charge in [-0.3, -0.25) is 5.10 Å². The molecule has 0 bridgehead atoms. The van der Waals surface area contributed by atoms with Crippen LogP contribution in [0.4, 0.5) is 10.5 Å². The fourth-order valence-electron chi connectivity index (χ4n) is 2.08. The highest BCUT2D eigenvalue weighted by Gasteiger charge is 2.12. The van der Waals surface area contributed by atoms with E-state index in [9.17, 15) is 4.79 Å². The number of urea groups is 1. The van der Waals surface area contributed by atoms with Crippen LogP contribution in [0.3, 0.4) is 0 Å². The van der Waals surface area contributed by atoms with E-state index in [1.807, 2.05) is 19.9 Å². The number of carbonyl (C=O) groups excluding carboxylic acids is 1. The lowest BCUT2D eigenvalue weighted by atomic mass is 10.1. The molecule has 114 valence electrons. The largest absolute Gasteiger partial charge is 0.327 e. The molecule has 0 saturated carbocycles. The Morgan fingerprint density at radius 2 is 2.23 bits per heavy atom. The molecule has 7 heteroatoms. The van der Waals surface area contributed by atoms with Crippen molar-refractivity contribution in [2.24, 2.45) is 0 Å². The van der Waals surface area contributed by atoms with Crippen LogP contribution in [-0.4, -0.2) is 39.7 Å². The number of hydrogen-bond acceptors (Lipinski definition) is 4. The average Bonchev–Trinajstić information content (AvgIpc) is 2.84. The van der Waals surface area contributed by atoms with Crippen molar-refractivity contribution in [1.29, 1.82) is 5.26 Å². The minimum atomic E-state index is -0.217.